The minimum atomic E-state index is 0.721. The first kappa shape index (κ1) is 15.8. The molecule has 0 bridgehead atoms. The monoisotopic (exact) mass is 321 g/mol. The molecule has 2 aliphatic rings. The SMILES string of the molecule is c1ccc(CCN2CCCN(C3Cc4ccccc4C3)CC2)nc1. The first-order valence-corrected chi connectivity index (χ1v) is 9.31. The van der Waals surface area contributed by atoms with Gasteiger partial charge in [-0.15, -0.1) is 0 Å². The van der Waals surface area contributed by atoms with Gasteiger partial charge in [-0.3, -0.25) is 9.88 Å². The lowest BCUT2D eigenvalue weighted by atomic mass is 10.1. The second-order valence-corrected chi connectivity index (χ2v) is 7.13. The fourth-order valence-electron chi connectivity index (χ4n) is 4.19. The van der Waals surface area contributed by atoms with E-state index in [1.165, 1.54) is 51.1 Å². The van der Waals surface area contributed by atoms with Crippen molar-refractivity contribution in [2.45, 2.75) is 31.7 Å². The van der Waals surface area contributed by atoms with Crippen molar-refractivity contribution >= 4 is 0 Å². The maximum Gasteiger partial charge on any atom is 0.0416 e. The van der Waals surface area contributed by atoms with Crippen LogP contribution >= 0.6 is 0 Å². The van der Waals surface area contributed by atoms with Crippen molar-refractivity contribution in [1.82, 2.24) is 14.8 Å². The lowest BCUT2D eigenvalue weighted by Crippen LogP contribution is -2.39. The molecule has 1 saturated heterocycles. The fourth-order valence-corrected chi connectivity index (χ4v) is 4.19. The van der Waals surface area contributed by atoms with Gasteiger partial charge in [-0.2, -0.15) is 0 Å². The minimum Gasteiger partial charge on any atom is -0.302 e. The summed E-state index contributed by atoms with van der Waals surface area (Å²) in [4.78, 5) is 9.81. The van der Waals surface area contributed by atoms with Crippen molar-refractivity contribution in [1.29, 1.82) is 0 Å². The average Bonchev–Trinajstić information content (AvgIpc) is 2.92. The Balaban J connectivity index is 1.29. The van der Waals surface area contributed by atoms with Gasteiger partial charge in [-0.25, -0.2) is 0 Å². The van der Waals surface area contributed by atoms with E-state index in [9.17, 15) is 0 Å². The summed E-state index contributed by atoms with van der Waals surface area (Å²) in [5, 5.41) is 0. The van der Waals surface area contributed by atoms with Crippen LogP contribution in [0.2, 0.25) is 0 Å². The molecular formula is C21H27N3. The summed E-state index contributed by atoms with van der Waals surface area (Å²) in [6, 6.07) is 15.9. The zero-order valence-electron chi connectivity index (χ0n) is 14.4. The molecule has 0 N–H and O–H groups in total. The van der Waals surface area contributed by atoms with Gasteiger partial charge >= 0.3 is 0 Å². The molecule has 0 saturated carbocycles. The van der Waals surface area contributed by atoms with Crippen molar-refractivity contribution in [3.8, 4) is 0 Å². The van der Waals surface area contributed by atoms with Crippen molar-refractivity contribution in [3.63, 3.8) is 0 Å². The largest absolute Gasteiger partial charge is 0.302 e. The number of aromatic nitrogens is 1. The van der Waals surface area contributed by atoms with E-state index < -0.39 is 0 Å². The molecule has 0 spiro atoms. The molecule has 1 aliphatic carbocycles. The van der Waals surface area contributed by atoms with Crippen LogP contribution in [0, 0.1) is 0 Å². The van der Waals surface area contributed by atoms with Gasteiger partial charge in [0, 0.05) is 44.0 Å². The standard InChI is InChI=1S/C21H27N3/c1-2-7-19-17-21(16-18(19)6-1)24-12-5-11-23(14-15-24)13-9-20-8-3-4-10-22-20/h1-4,6-8,10,21H,5,9,11-17H2. The van der Waals surface area contributed by atoms with Crippen LogP contribution in [0.25, 0.3) is 0 Å². The highest BCUT2D eigenvalue weighted by atomic mass is 15.2. The zero-order valence-corrected chi connectivity index (χ0v) is 14.4. The molecule has 2 heterocycles. The Morgan fingerprint density at radius 2 is 1.67 bits per heavy atom. The van der Waals surface area contributed by atoms with E-state index in [4.69, 9.17) is 0 Å². The molecule has 3 heteroatoms. The molecule has 0 amide bonds. The first-order valence-electron chi connectivity index (χ1n) is 9.31. The van der Waals surface area contributed by atoms with Gasteiger partial charge in [0.2, 0.25) is 0 Å². The van der Waals surface area contributed by atoms with Crippen LogP contribution in [0.4, 0.5) is 0 Å². The molecule has 1 aliphatic heterocycles. The summed E-state index contributed by atoms with van der Waals surface area (Å²) in [6.07, 6.45) is 6.73. The van der Waals surface area contributed by atoms with Crippen LogP contribution in [-0.4, -0.2) is 53.5 Å². The molecule has 3 nitrogen and oxygen atoms in total. The average molecular weight is 321 g/mol. The summed E-state index contributed by atoms with van der Waals surface area (Å²) in [5.74, 6) is 0. The second-order valence-electron chi connectivity index (χ2n) is 7.13. The molecule has 0 unspecified atom stereocenters. The zero-order chi connectivity index (χ0) is 16.2. The predicted molar refractivity (Wildman–Crippen MR) is 98.2 cm³/mol. The van der Waals surface area contributed by atoms with E-state index in [0.717, 1.165) is 19.0 Å². The normalized spacial score (nSPS) is 20.0. The molecule has 1 aromatic heterocycles. The second kappa shape index (κ2) is 7.45. The van der Waals surface area contributed by atoms with Crippen molar-refractivity contribution < 1.29 is 0 Å². The van der Waals surface area contributed by atoms with E-state index in [0.29, 0.717) is 0 Å². The van der Waals surface area contributed by atoms with Crippen LogP contribution in [0.3, 0.4) is 0 Å². The van der Waals surface area contributed by atoms with Crippen molar-refractivity contribution in [2.24, 2.45) is 0 Å². The number of pyridine rings is 1. The Bertz CT molecular complexity index is 630. The summed E-state index contributed by atoms with van der Waals surface area (Å²) in [5.41, 5.74) is 4.35. The Hall–Kier alpha value is -1.71. The topological polar surface area (TPSA) is 19.4 Å². The van der Waals surface area contributed by atoms with E-state index in [-0.39, 0.29) is 0 Å². The Morgan fingerprint density at radius 1 is 0.875 bits per heavy atom. The molecule has 4 rings (SSSR count). The molecule has 1 fully saturated rings. The number of benzene rings is 1. The predicted octanol–water partition coefficient (Wildman–Crippen LogP) is 2.80. The number of fused-ring (bicyclic) bond motifs is 1. The fraction of sp³-hybridized carbons (Fsp3) is 0.476. The van der Waals surface area contributed by atoms with Gasteiger partial charge in [0.05, 0.1) is 0 Å². The minimum absolute atomic E-state index is 0.721. The molecular weight excluding hydrogens is 294 g/mol. The summed E-state index contributed by atoms with van der Waals surface area (Å²) in [6.45, 7) is 6.01. The number of hydrogen-bond acceptors (Lipinski definition) is 3. The van der Waals surface area contributed by atoms with Crippen LogP contribution in [0.1, 0.15) is 23.2 Å². The van der Waals surface area contributed by atoms with Gasteiger partial charge in [0.15, 0.2) is 0 Å². The maximum absolute atomic E-state index is 4.45. The number of nitrogens with zero attached hydrogens (tertiary/aromatic N) is 3. The lowest BCUT2D eigenvalue weighted by Gasteiger charge is -2.27. The molecule has 126 valence electrons. The highest BCUT2D eigenvalue weighted by Crippen LogP contribution is 2.26. The Morgan fingerprint density at radius 3 is 2.42 bits per heavy atom. The molecule has 2 aromatic rings. The van der Waals surface area contributed by atoms with E-state index in [1.807, 2.05) is 12.3 Å². The highest BCUT2D eigenvalue weighted by molar-refractivity contribution is 5.33. The lowest BCUT2D eigenvalue weighted by molar-refractivity contribution is 0.202. The number of hydrogen-bond donors (Lipinski definition) is 0. The highest BCUT2D eigenvalue weighted by Gasteiger charge is 2.27. The van der Waals surface area contributed by atoms with Gasteiger partial charge in [0.1, 0.15) is 0 Å². The van der Waals surface area contributed by atoms with Crippen molar-refractivity contribution in [2.75, 3.05) is 32.7 Å². The van der Waals surface area contributed by atoms with E-state index in [2.05, 4.69) is 51.2 Å². The summed E-state index contributed by atoms with van der Waals surface area (Å²) in [7, 11) is 0. The third kappa shape index (κ3) is 3.68. The van der Waals surface area contributed by atoms with Crippen LogP contribution in [-0.2, 0) is 19.3 Å². The smallest absolute Gasteiger partial charge is 0.0416 e. The third-order valence-corrected chi connectivity index (χ3v) is 5.58. The third-order valence-electron chi connectivity index (χ3n) is 5.58. The summed E-state index contributed by atoms with van der Waals surface area (Å²) >= 11 is 0. The molecule has 1 aromatic carbocycles. The quantitative estimate of drug-likeness (QED) is 0.863. The van der Waals surface area contributed by atoms with E-state index >= 15 is 0 Å². The first-order chi connectivity index (χ1) is 11.9. The summed E-state index contributed by atoms with van der Waals surface area (Å²) < 4.78 is 0. The Kier molecular flexibility index (Phi) is 4.91. The molecule has 24 heavy (non-hydrogen) atoms. The van der Waals surface area contributed by atoms with Crippen molar-refractivity contribution in [3.05, 3.63) is 65.5 Å². The molecule has 0 radical (unpaired) electrons. The van der Waals surface area contributed by atoms with Crippen LogP contribution in [0.15, 0.2) is 48.7 Å². The van der Waals surface area contributed by atoms with Gasteiger partial charge in [-0.1, -0.05) is 30.3 Å². The van der Waals surface area contributed by atoms with Gasteiger partial charge in [-0.05, 0) is 55.6 Å². The van der Waals surface area contributed by atoms with Crippen LogP contribution in [0.5, 0.6) is 0 Å². The van der Waals surface area contributed by atoms with E-state index in [1.54, 1.807) is 11.1 Å². The van der Waals surface area contributed by atoms with Gasteiger partial charge in [0.25, 0.3) is 0 Å². The Labute approximate surface area is 145 Å². The van der Waals surface area contributed by atoms with Crippen LogP contribution < -0.4 is 0 Å². The van der Waals surface area contributed by atoms with Gasteiger partial charge < -0.3 is 4.90 Å². The maximum atomic E-state index is 4.45. The number of rotatable bonds is 4. The molecule has 0 atom stereocenters.